The van der Waals surface area contributed by atoms with Crippen LogP contribution in [0.5, 0.6) is 11.5 Å². The first-order chi connectivity index (χ1) is 13.6. The Labute approximate surface area is 170 Å². The molecule has 2 aliphatic rings. The lowest BCUT2D eigenvalue weighted by Gasteiger charge is -2.29. The molecule has 0 amide bonds. The van der Waals surface area contributed by atoms with Gasteiger partial charge in [-0.05, 0) is 81.2 Å². The van der Waals surface area contributed by atoms with Crippen LogP contribution in [0.1, 0.15) is 35.4 Å². The molecule has 2 heterocycles. The Balaban J connectivity index is 0.000000162. The van der Waals surface area contributed by atoms with Gasteiger partial charge in [0, 0.05) is 13.1 Å². The van der Waals surface area contributed by atoms with Gasteiger partial charge in [-0.25, -0.2) is 0 Å². The highest BCUT2D eigenvalue weighted by Gasteiger charge is 2.18. The molecule has 28 heavy (non-hydrogen) atoms. The van der Waals surface area contributed by atoms with Crippen molar-refractivity contribution in [1.29, 1.82) is 0 Å². The highest BCUT2D eigenvalue weighted by atomic mass is 16.5. The van der Waals surface area contributed by atoms with E-state index in [9.17, 15) is 0 Å². The van der Waals surface area contributed by atoms with Crippen LogP contribution in [-0.4, -0.2) is 57.7 Å². The lowest BCUT2D eigenvalue weighted by molar-refractivity contribution is 0.255. The number of benzene rings is 2. The number of ether oxygens (including phenoxy) is 2. The minimum Gasteiger partial charge on any atom is -0.493 e. The molecule has 0 atom stereocenters. The van der Waals surface area contributed by atoms with Crippen LogP contribution in [0.3, 0.4) is 0 Å². The Kier molecular flexibility index (Phi) is 7.35. The molecule has 0 unspecified atom stereocenters. The summed E-state index contributed by atoms with van der Waals surface area (Å²) in [4.78, 5) is 4.73. The molecule has 1 fully saturated rings. The van der Waals surface area contributed by atoms with Gasteiger partial charge in [-0.3, -0.25) is 0 Å². The number of hydrogen-bond donors (Lipinski definition) is 0. The molecule has 2 aliphatic heterocycles. The minimum atomic E-state index is 0.803. The monoisotopic (exact) mass is 382 g/mol. The maximum absolute atomic E-state index is 5.29. The number of likely N-dealkylation sites (tertiary alicyclic amines) is 1. The van der Waals surface area contributed by atoms with Crippen molar-refractivity contribution in [2.45, 2.75) is 31.7 Å². The van der Waals surface area contributed by atoms with Crippen LogP contribution in [0.25, 0.3) is 0 Å². The quantitative estimate of drug-likeness (QED) is 0.795. The molecular formula is C24H34N2O2. The summed E-state index contributed by atoms with van der Waals surface area (Å²) in [5, 5.41) is 0. The van der Waals surface area contributed by atoms with Crippen molar-refractivity contribution >= 4 is 0 Å². The second-order valence-corrected chi connectivity index (χ2v) is 7.95. The van der Waals surface area contributed by atoms with E-state index in [4.69, 9.17) is 9.47 Å². The topological polar surface area (TPSA) is 24.9 Å². The van der Waals surface area contributed by atoms with Crippen LogP contribution in [0.2, 0.25) is 0 Å². The fourth-order valence-electron chi connectivity index (χ4n) is 4.09. The second kappa shape index (κ2) is 9.94. The molecule has 0 bridgehead atoms. The van der Waals surface area contributed by atoms with Gasteiger partial charge in [-0.1, -0.05) is 30.3 Å². The number of nitrogens with zero attached hydrogens (tertiary/aromatic N) is 2. The molecule has 0 aliphatic carbocycles. The fourth-order valence-corrected chi connectivity index (χ4v) is 4.09. The predicted octanol–water partition coefficient (Wildman–Crippen LogP) is 4.19. The highest BCUT2D eigenvalue weighted by molar-refractivity contribution is 5.48. The van der Waals surface area contributed by atoms with Crippen LogP contribution in [0.15, 0.2) is 42.5 Å². The Morgan fingerprint density at radius 1 is 0.786 bits per heavy atom. The Morgan fingerprint density at radius 2 is 1.39 bits per heavy atom. The smallest absolute Gasteiger partial charge is 0.161 e. The van der Waals surface area contributed by atoms with Gasteiger partial charge in [0.2, 0.25) is 0 Å². The van der Waals surface area contributed by atoms with Crippen molar-refractivity contribution in [1.82, 2.24) is 9.80 Å². The average Bonchev–Trinajstić information content (AvgIpc) is 2.74. The highest BCUT2D eigenvalue weighted by Crippen LogP contribution is 2.32. The van der Waals surface area contributed by atoms with E-state index < -0.39 is 0 Å². The van der Waals surface area contributed by atoms with E-state index in [-0.39, 0.29) is 0 Å². The Hall–Kier alpha value is -2.04. The summed E-state index contributed by atoms with van der Waals surface area (Å²) in [6, 6.07) is 15.1. The molecule has 4 rings (SSSR count). The molecule has 0 saturated carbocycles. The molecule has 0 N–H and O–H groups in total. The van der Waals surface area contributed by atoms with Crippen molar-refractivity contribution < 1.29 is 9.47 Å². The maximum atomic E-state index is 5.29. The van der Waals surface area contributed by atoms with Crippen LogP contribution < -0.4 is 9.47 Å². The zero-order valence-electron chi connectivity index (χ0n) is 17.8. The normalized spacial score (nSPS) is 18.0. The first-order valence-corrected chi connectivity index (χ1v) is 10.3. The third-order valence-corrected chi connectivity index (χ3v) is 5.90. The third-order valence-electron chi connectivity index (χ3n) is 5.90. The summed E-state index contributed by atoms with van der Waals surface area (Å²) in [6.07, 6.45) is 3.73. The molecule has 152 valence electrons. The Morgan fingerprint density at radius 3 is 2.00 bits per heavy atom. The van der Waals surface area contributed by atoms with Crippen molar-refractivity contribution in [3.8, 4) is 11.5 Å². The van der Waals surface area contributed by atoms with Crippen molar-refractivity contribution in [3.63, 3.8) is 0 Å². The minimum absolute atomic E-state index is 0.803. The molecule has 1 saturated heterocycles. The van der Waals surface area contributed by atoms with E-state index in [1.165, 1.54) is 42.6 Å². The molecule has 2 aromatic carbocycles. The van der Waals surface area contributed by atoms with E-state index in [2.05, 4.69) is 66.4 Å². The SMILES string of the molecule is CN1CCC(c2ccccc2)CC1.COc1cc2c(cc1OC)CN(C)CC2. The van der Waals surface area contributed by atoms with E-state index in [1.54, 1.807) is 14.2 Å². The summed E-state index contributed by atoms with van der Waals surface area (Å²) in [5.41, 5.74) is 4.25. The van der Waals surface area contributed by atoms with Crippen LogP contribution >= 0.6 is 0 Å². The summed E-state index contributed by atoms with van der Waals surface area (Å²) >= 11 is 0. The van der Waals surface area contributed by atoms with E-state index in [1.807, 2.05) is 0 Å². The van der Waals surface area contributed by atoms with E-state index in [0.717, 1.165) is 36.9 Å². The average molecular weight is 383 g/mol. The number of hydrogen-bond acceptors (Lipinski definition) is 4. The molecule has 4 heteroatoms. The summed E-state index contributed by atoms with van der Waals surface area (Å²) in [6.45, 7) is 4.61. The molecule has 2 aromatic rings. The van der Waals surface area contributed by atoms with Gasteiger partial charge < -0.3 is 19.3 Å². The zero-order valence-corrected chi connectivity index (χ0v) is 17.8. The number of rotatable bonds is 3. The fraction of sp³-hybridized carbons (Fsp3) is 0.500. The first kappa shape index (κ1) is 20.7. The van der Waals surface area contributed by atoms with Gasteiger partial charge in [0.05, 0.1) is 14.2 Å². The Bertz CT molecular complexity index is 740. The number of likely N-dealkylation sites (N-methyl/N-ethyl adjacent to an activating group) is 1. The van der Waals surface area contributed by atoms with Crippen molar-refractivity contribution in [3.05, 3.63) is 59.2 Å². The van der Waals surface area contributed by atoms with Crippen molar-refractivity contribution in [2.24, 2.45) is 0 Å². The third kappa shape index (κ3) is 5.27. The van der Waals surface area contributed by atoms with E-state index >= 15 is 0 Å². The summed E-state index contributed by atoms with van der Waals surface area (Å²) in [5.74, 6) is 2.46. The second-order valence-electron chi connectivity index (χ2n) is 7.95. The standard InChI is InChI=1S/C12H17NO2.C12H17N/c1-13-5-4-9-6-11(14-2)12(15-3)7-10(9)8-13;1-13-9-7-12(8-10-13)11-5-3-2-4-6-11/h6-7H,4-5,8H2,1-3H3;2-6,12H,7-10H2,1H3. The lowest BCUT2D eigenvalue weighted by Crippen LogP contribution is -2.29. The van der Waals surface area contributed by atoms with Gasteiger partial charge in [-0.15, -0.1) is 0 Å². The van der Waals surface area contributed by atoms with Crippen LogP contribution in [0.4, 0.5) is 0 Å². The lowest BCUT2D eigenvalue weighted by atomic mass is 9.90. The maximum Gasteiger partial charge on any atom is 0.161 e. The molecular weight excluding hydrogens is 348 g/mol. The zero-order chi connectivity index (χ0) is 19.9. The predicted molar refractivity (Wildman–Crippen MR) is 115 cm³/mol. The summed E-state index contributed by atoms with van der Waals surface area (Å²) in [7, 11) is 7.71. The number of fused-ring (bicyclic) bond motifs is 1. The first-order valence-electron chi connectivity index (χ1n) is 10.3. The van der Waals surface area contributed by atoms with E-state index in [0.29, 0.717) is 0 Å². The van der Waals surface area contributed by atoms with Gasteiger partial charge in [0.1, 0.15) is 0 Å². The van der Waals surface area contributed by atoms with Gasteiger partial charge in [0.15, 0.2) is 11.5 Å². The number of methoxy groups -OCH3 is 2. The van der Waals surface area contributed by atoms with Crippen LogP contribution in [-0.2, 0) is 13.0 Å². The molecule has 0 spiro atoms. The van der Waals surface area contributed by atoms with Gasteiger partial charge in [0.25, 0.3) is 0 Å². The molecule has 4 nitrogen and oxygen atoms in total. The van der Waals surface area contributed by atoms with Crippen LogP contribution in [0, 0.1) is 0 Å². The number of piperidine rings is 1. The molecule has 0 radical (unpaired) electrons. The molecule has 0 aromatic heterocycles. The van der Waals surface area contributed by atoms with Gasteiger partial charge >= 0.3 is 0 Å². The van der Waals surface area contributed by atoms with Gasteiger partial charge in [-0.2, -0.15) is 0 Å². The summed E-state index contributed by atoms with van der Waals surface area (Å²) < 4.78 is 10.6. The van der Waals surface area contributed by atoms with Crippen molar-refractivity contribution in [2.75, 3.05) is 47.9 Å². The largest absolute Gasteiger partial charge is 0.493 e.